The molecule has 0 saturated carbocycles. The van der Waals surface area contributed by atoms with E-state index >= 15 is 0 Å². The summed E-state index contributed by atoms with van der Waals surface area (Å²) >= 11 is 4.50. The molecule has 2 aromatic carbocycles. The third-order valence-electron chi connectivity index (χ3n) is 2.00. The minimum absolute atomic E-state index is 0.760. The molecular formula is C12H8BI2O2. The molecule has 0 bridgehead atoms. The van der Waals surface area contributed by atoms with Gasteiger partial charge in [0.15, 0.2) is 0 Å². The molecule has 0 atom stereocenters. The molecule has 0 unspecified atom stereocenters. The van der Waals surface area contributed by atoms with Crippen molar-refractivity contribution < 1.29 is 9.31 Å². The van der Waals surface area contributed by atoms with Gasteiger partial charge >= 0.3 is 7.69 Å². The molecule has 0 fully saturated rings. The Morgan fingerprint density at radius 3 is 1.35 bits per heavy atom. The van der Waals surface area contributed by atoms with E-state index in [1.54, 1.807) is 0 Å². The number of hydrogen-bond acceptors (Lipinski definition) is 2. The molecule has 2 aromatic rings. The second kappa shape index (κ2) is 6.48. The molecule has 0 aliphatic heterocycles. The average Bonchev–Trinajstić information content (AvgIpc) is 2.34. The Morgan fingerprint density at radius 1 is 0.647 bits per heavy atom. The number of benzene rings is 2. The van der Waals surface area contributed by atoms with E-state index in [1.165, 1.54) is 14.8 Å². The molecular weight excluding hydrogens is 441 g/mol. The van der Waals surface area contributed by atoms with Gasteiger partial charge in [0.25, 0.3) is 0 Å². The van der Waals surface area contributed by atoms with Crippen molar-refractivity contribution in [2.75, 3.05) is 0 Å². The van der Waals surface area contributed by atoms with E-state index in [4.69, 9.17) is 9.31 Å². The zero-order valence-electron chi connectivity index (χ0n) is 8.77. The van der Waals surface area contributed by atoms with Crippen molar-refractivity contribution in [3.05, 3.63) is 55.7 Å². The largest absolute Gasteiger partial charge is 0.658 e. The topological polar surface area (TPSA) is 18.5 Å². The molecule has 0 spiro atoms. The third-order valence-corrected chi connectivity index (χ3v) is 3.43. The normalized spacial score (nSPS) is 9.76. The van der Waals surface area contributed by atoms with Gasteiger partial charge in [0.2, 0.25) is 0 Å². The Kier molecular flexibility index (Phi) is 4.96. The summed E-state index contributed by atoms with van der Waals surface area (Å²) in [5.41, 5.74) is 0. The highest BCUT2D eigenvalue weighted by molar-refractivity contribution is 14.1. The van der Waals surface area contributed by atoms with Gasteiger partial charge in [-0.05, 0) is 93.7 Å². The van der Waals surface area contributed by atoms with Crippen LogP contribution in [0.4, 0.5) is 0 Å². The van der Waals surface area contributed by atoms with Crippen molar-refractivity contribution in [1.82, 2.24) is 0 Å². The van der Waals surface area contributed by atoms with Crippen LogP contribution >= 0.6 is 45.2 Å². The Balaban J connectivity index is 1.83. The Morgan fingerprint density at radius 2 is 1.00 bits per heavy atom. The van der Waals surface area contributed by atoms with Crippen LogP contribution < -0.4 is 9.31 Å². The predicted octanol–water partition coefficient (Wildman–Crippen LogP) is 3.89. The van der Waals surface area contributed by atoms with E-state index in [0.717, 1.165) is 11.5 Å². The highest BCUT2D eigenvalue weighted by Gasteiger charge is 2.01. The highest BCUT2D eigenvalue weighted by atomic mass is 127. The van der Waals surface area contributed by atoms with Gasteiger partial charge in [-0.1, -0.05) is 0 Å². The van der Waals surface area contributed by atoms with Crippen molar-refractivity contribution >= 4 is 52.9 Å². The van der Waals surface area contributed by atoms with Gasteiger partial charge in [-0.2, -0.15) is 0 Å². The highest BCUT2D eigenvalue weighted by Crippen LogP contribution is 2.15. The second-order valence-electron chi connectivity index (χ2n) is 3.24. The molecule has 17 heavy (non-hydrogen) atoms. The van der Waals surface area contributed by atoms with E-state index in [0.29, 0.717) is 0 Å². The molecule has 0 aliphatic carbocycles. The summed E-state index contributed by atoms with van der Waals surface area (Å²) in [4.78, 5) is 0. The lowest BCUT2D eigenvalue weighted by molar-refractivity contribution is 0.459. The van der Waals surface area contributed by atoms with E-state index in [9.17, 15) is 0 Å². The van der Waals surface area contributed by atoms with E-state index in [1.807, 2.05) is 48.5 Å². The monoisotopic (exact) mass is 449 g/mol. The van der Waals surface area contributed by atoms with Gasteiger partial charge in [0.1, 0.15) is 11.5 Å². The molecule has 1 radical (unpaired) electrons. The number of rotatable bonds is 4. The smallest absolute Gasteiger partial charge is 0.526 e. The van der Waals surface area contributed by atoms with Crippen LogP contribution in [0.2, 0.25) is 0 Å². The van der Waals surface area contributed by atoms with E-state index < -0.39 is 0 Å². The predicted molar refractivity (Wildman–Crippen MR) is 85.3 cm³/mol. The van der Waals surface area contributed by atoms with Crippen molar-refractivity contribution in [2.24, 2.45) is 0 Å². The third kappa shape index (κ3) is 4.38. The maximum Gasteiger partial charge on any atom is 0.658 e. The summed E-state index contributed by atoms with van der Waals surface area (Å²) < 4.78 is 13.0. The minimum Gasteiger partial charge on any atom is -0.526 e. The molecule has 0 amide bonds. The average molecular weight is 449 g/mol. The Bertz CT molecular complexity index is 425. The lowest BCUT2D eigenvalue weighted by Gasteiger charge is -2.06. The fourth-order valence-electron chi connectivity index (χ4n) is 1.16. The standard InChI is InChI=1S/C12H8BI2O2/c14-9-1-5-11(6-2-9)16-13-17-12-7-3-10(15)4-8-12/h1-8H. The van der Waals surface area contributed by atoms with Crippen molar-refractivity contribution in [3.63, 3.8) is 0 Å². The van der Waals surface area contributed by atoms with Crippen LogP contribution in [0.1, 0.15) is 0 Å². The molecule has 0 N–H and O–H groups in total. The zero-order chi connectivity index (χ0) is 12.1. The summed E-state index contributed by atoms with van der Waals surface area (Å²) in [5, 5.41) is 0. The van der Waals surface area contributed by atoms with Crippen LogP contribution in [-0.4, -0.2) is 7.69 Å². The number of halogens is 2. The quantitative estimate of drug-likeness (QED) is 0.522. The van der Waals surface area contributed by atoms with Crippen LogP contribution in [0, 0.1) is 7.14 Å². The van der Waals surface area contributed by atoms with Crippen molar-refractivity contribution in [1.29, 1.82) is 0 Å². The molecule has 0 aromatic heterocycles. The second-order valence-corrected chi connectivity index (χ2v) is 5.73. The molecule has 0 heterocycles. The first kappa shape index (κ1) is 13.0. The molecule has 5 heteroatoms. The lowest BCUT2D eigenvalue weighted by Crippen LogP contribution is -2.10. The first-order chi connectivity index (χ1) is 8.24. The first-order valence-corrected chi connectivity index (χ1v) is 7.06. The van der Waals surface area contributed by atoms with Gasteiger partial charge in [0, 0.05) is 7.14 Å². The van der Waals surface area contributed by atoms with Crippen LogP contribution in [0.3, 0.4) is 0 Å². The van der Waals surface area contributed by atoms with Crippen molar-refractivity contribution in [3.8, 4) is 11.5 Å². The Hall–Kier alpha value is -0.435. The lowest BCUT2D eigenvalue weighted by atomic mass is 10.3. The molecule has 2 nitrogen and oxygen atoms in total. The maximum atomic E-state index is 5.34. The molecule has 0 saturated heterocycles. The van der Waals surface area contributed by atoms with Gasteiger partial charge in [-0.25, -0.2) is 0 Å². The molecule has 2 rings (SSSR count). The van der Waals surface area contributed by atoms with Crippen LogP contribution in [0.25, 0.3) is 0 Å². The fraction of sp³-hybridized carbons (Fsp3) is 0. The summed E-state index contributed by atoms with van der Waals surface area (Å²) in [6, 6.07) is 15.5. The van der Waals surface area contributed by atoms with Crippen LogP contribution in [0.15, 0.2) is 48.5 Å². The summed E-state index contributed by atoms with van der Waals surface area (Å²) in [5.74, 6) is 1.52. The van der Waals surface area contributed by atoms with Gasteiger partial charge < -0.3 is 9.31 Å². The van der Waals surface area contributed by atoms with Crippen LogP contribution in [0.5, 0.6) is 11.5 Å². The minimum atomic E-state index is 0.760. The first-order valence-electron chi connectivity index (χ1n) is 4.90. The zero-order valence-corrected chi connectivity index (χ0v) is 13.1. The Labute approximate surface area is 128 Å². The fourth-order valence-corrected chi connectivity index (χ4v) is 1.88. The maximum absolute atomic E-state index is 5.34. The SMILES string of the molecule is Ic1ccc(O[B]Oc2ccc(I)cc2)cc1. The summed E-state index contributed by atoms with van der Waals surface area (Å²) in [7, 11) is 1.34. The summed E-state index contributed by atoms with van der Waals surface area (Å²) in [6.45, 7) is 0. The molecule has 0 aliphatic rings. The van der Waals surface area contributed by atoms with Gasteiger partial charge in [0.05, 0.1) is 0 Å². The van der Waals surface area contributed by atoms with Gasteiger partial charge in [-0.15, -0.1) is 0 Å². The van der Waals surface area contributed by atoms with Crippen molar-refractivity contribution in [2.45, 2.75) is 0 Å². The van der Waals surface area contributed by atoms with Crippen LogP contribution in [-0.2, 0) is 0 Å². The van der Waals surface area contributed by atoms with E-state index in [2.05, 4.69) is 45.2 Å². The van der Waals surface area contributed by atoms with Gasteiger partial charge in [-0.3, -0.25) is 0 Å². The van der Waals surface area contributed by atoms with E-state index in [-0.39, 0.29) is 0 Å². The number of hydrogen-bond donors (Lipinski definition) is 0. The molecule has 85 valence electrons. The summed E-state index contributed by atoms with van der Waals surface area (Å²) in [6.07, 6.45) is 0.